The highest BCUT2D eigenvalue weighted by Gasteiger charge is 2.39. The van der Waals surface area contributed by atoms with Crippen molar-refractivity contribution >= 4 is 14.3 Å². The van der Waals surface area contributed by atoms with Crippen LogP contribution in [0.25, 0.3) is 0 Å². The molecule has 2 aromatic rings. The largest absolute Gasteiger partial charge is 0.543 e. The zero-order valence-corrected chi connectivity index (χ0v) is 19.8. The van der Waals surface area contributed by atoms with E-state index in [9.17, 15) is 4.79 Å². The first-order chi connectivity index (χ1) is 13.4. The van der Waals surface area contributed by atoms with Gasteiger partial charge < -0.3 is 14.9 Å². The standard InChI is InChI=1S/C24H35NO3Si/c1-17-13-20(28-29(6,7)24(3,4)5)14-18(2)21(17)15-22(25)23(26)27-16-19-11-9-8-10-12-19/h8-14,22H,15-16,25H2,1-7H3/t22-/m0/s1. The van der Waals surface area contributed by atoms with Gasteiger partial charge in [0.05, 0.1) is 0 Å². The SMILES string of the molecule is Cc1cc(O[Si](C)(C)C(C)(C)C)cc(C)c1C[C@H](N)C(=O)OCc1ccccc1. The van der Waals surface area contributed by atoms with Gasteiger partial charge >= 0.3 is 5.97 Å². The summed E-state index contributed by atoms with van der Waals surface area (Å²) in [5.41, 5.74) is 10.4. The monoisotopic (exact) mass is 413 g/mol. The number of hydrogen-bond acceptors (Lipinski definition) is 4. The third kappa shape index (κ3) is 6.18. The average Bonchev–Trinajstić information content (AvgIpc) is 2.62. The quantitative estimate of drug-likeness (QED) is 0.494. The Labute approximate surface area is 176 Å². The molecule has 0 unspecified atom stereocenters. The molecule has 0 saturated heterocycles. The van der Waals surface area contributed by atoms with Crippen molar-refractivity contribution < 1.29 is 14.0 Å². The molecule has 0 fully saturated rings. The van der Waals surface area contributed by atoms with Crippen LogP contribution in [-0.2, 0) is 22.6 Å². The van der Waals surface area contributed by atoms with Crippen molar-refractivity contribution in [3.05, 3.63) is 64.7 Å². The van der Waals surface area contributed by atoms with Crippen LogP contribution in [0.15, 0.2) is 42.5 Å². The Morgan fingerprint density at radius 1 is 1.07 bits per heavy atom. The molecule has 0 bridgehead atoms. The lowest BCUT2D eigenvalue weighted by Crippen LogP contribution is -2.43. The first-order valence-corrected chi connectivity index (χ1v) is 13.1. The van der Waals surface area contributed by atoms with E-state index in [0.29, 0.717) is 6.42 Å². The Kier molecular flexibility index (Phi) is 7.30. The third-order valence-electron chi connectivity index (χ3n) is 5.80. The highest BCUT2D eigenvalue weighted by atomic mass is 28.4. The summed E-state index contributed by atoms with van der Waals surface area (Å²) in [6.45, 7) is 15.5. The molecule has 0 radical (unpaired) electrons. The first-order valence-electron chi connectivity index (χ1n) is 10.2. The smallest absolute Gasteiger partial charge is 0.323 e. The predicted octanol–water partition coefficient (Wildman–Crippen LogP) is 5.30. The normalized spacial score (nSPS) is 13.1. The van der Waals surface area contributed by atoms with Crippen molar-refractivity contribution in [1.29, 1.82) is 0 Å². The van der Waals surface area contributed by atoms with Crippen molar-refractivity contribution in [1.82, 2.24) is 0 Å². The molecule has 0 aliphatic carbocycles. The van der Waals surface area contributed by atoms with Gasteiger partial charge in [-0.05, 0) is 72.8 Å². The molecule has 1 atom stereocenters. The number of carbonyl (C=O) groups is 1. The van der Waals surface area contributed by atoms with Gasteiger partial charge in [-0.15, -0.1) is 0 Å². The Hall–Kier alpha value is -2.11. The van der Waals surface area contributed by atoms with Crippen molar-refractivity contribution in [2.24, 2.45) is 5.73 Å². The molecule has 29 heavy (non-hydrogen) atoms. The maximum atomic E-state index is 12.3. The molecule has 0 amide bonds. The molecule has 0 saturated carbocycles. The molecule has 4 nitrogen and oxygen atoms in total. The highest BCUT2D eigenvalue weighted by Crippen LogP contribution is 2.38. The topological polar surface area (TPSA) is 61.5 Å². The number of nitrogens with two attached hydrogens (primary N) is 1. The van der Waals surface area contributed by atoms with Crippen LogP contribution in [0.5, 0.6) is 5.75 Å². The number of ether oxygens (including phenoxy) is 1. The third-order valence-corrected chi connectivity index (χ3v) is 10.2. The molecular weight excluding hydrogens is 378 g/mol. The fourth-order valence-corrected chi connectivity index (χ4v) is 3.93. The number of esters is 1. The van der Waals surface area contributed by atoms with Gasteiger partial charge in [0, 0.05) is 0 Å². The van der Waals surface area contributed by atoms with Crippen LogP contribution in [0.2, 0.25) is 18.1 Å². The molecule has 0 spiro atoms. The second kappa shape index (κ2) is 9.14. The molecule has 2 aromatic carbocycles. The molecule has 5 heteroatoms. The summed E-state index contributed by atoms with van der Waals surface area (Å²) >= 11 is 0. The van der Waals surface area contributed by atoms with Crippen molar-refractivity contribution in [3.63, 3.8) is 0 Å². The summed E-state index contributed by atoms with van der Waals surface area (Å²) in [6, 6.07) is 13.1. The Bertz CT molecular complexity index is 818. The zero-order chi connectivity index (χ0) is 21.8. The Morgan fingerprint density at radius 2 is 1.62 bits per heavy atom. The van der Waals surface area contributed by atoms with E-state index in [1.165, 1.54) is 0 Å². The van der Waals surface area contributed by atoms with E-state index in [1.54, 1.807) is 0 Å². The van der Waals surface area contributed by atoms with Crippen LogP contribution in [0.1, 0.15) is 43.0 Å². The van der Waals surface area contributed by atoms with Crippen molar-refractivity contribution in [3.8, 4) is 5.75 Å². The van der Waals surface area contributed by atoms with E-state index in [-0.39, 0.29) is 17.6 Å². The van der Waals surface area contributed by atoms with Crippen LogP contribution in [0.4, 0.5) is 0 Å². The fourth-order valence-electron chi connectivity index (χ4n) is 2.92. The minimum Gasteiger partial charge on any atom is -0.543 e. The minimum absolute atomic E-state index is 0.137. The van der Waals surface area contributed by atoms with E-state index in [1.807, 2.05) is 44.2 Å². The van der Waals surface area contributed by atoms with E-state index in [0.717, 1.165) is 28.0 Å². The van der Waals surface area contributed by atoms with Gasteiger partial charge in [0.2, 0.25) is 8.32 Å². The Morgan fingerprint density at radius 3 is 2.14 bits per heavy atom. The number of rotatable bonds is 7. The van der Waals surface area contributed by atoms with Crippen LogP contribution < -0.4 is 10.2 Å². The van der Waals surface area contributed by atoms with Crippen molar-refractivity contribution in [2.45, 2.75) is 71.8 Å². The van der Waals surface area contributed by atoms with Crippen LogP contribution >= 0.6 is 0 Å². The molecule has 0 aliphatic heterocycles. The maximum absolute atomic E-state index is 12.3. The van der Waals surface area contributed by atoms with Crippen LogP contribution in [-0.4, -0.2) is 20.3 Å². The summed E-state index contributed by atoms with van der Waals surface area (Å²) in [5, 5.41) is 0.137. The lowest BCUT2D eigenvalue weighted by molar-refractivity contribution is -0.146. The second-order valence-corrected chi connectivity index (χ2v) is 14.0. The first kappa shape index (κ1) is 23.2. The minimum atomic E-state index is -1.90. The highest BCUT2D eigenvalue weighted by molar-refractivity contribution is 6.74. The lowest BCUT2D eigenvalue weighted by Gasteiger charge is -2.36. The van der Waals surface area contributed by atoms with Gasteiger partial charge in [0.25, 0.3) is 0 Å². The van der Waals surface area contributed by atoms with E-state index in [4.69, 9.17) is 14.9 Å². The van der Waals surface area contributed by atoms with Gasteiger partial charge in [-0.1, -0.05) is 51.1 Å². The predicted molar refractivity (Wildman–Crippen MR) is 122 cm³/mol. The molecule has 0 aromatic heterocycles. The number of carbonyl (C=O) groups excluding carboxylic acids is 1. The summed E-state index contributed by atoms with van der Waals surface area (Å²) in [6.07, 6.45) is 0.450. The molecule has 0 heterocycles. The van der Waals surface area contributed by atoms with Gasteiger partial charge in [0.1, 0.15) is 18.4 Å². The summed E-state index contributed by atoms with van der Waals surface area (Å²) in [4.78, 5) is 12.3. The fraction of sp³-hybridized carbons (Fsp3) is 0.458. The summed E-state index contributed by atoms with van der Waals surface area (Å²) in [5.74, 6) is 0.518. The second-order valence-electron chi connectivity index (χ2n) is 9.30. The maximum Gasteiger partial charge on any atom is 0.323 e. The van der Waals surface area contributed by atoms with Gasteiger partial charge in [0.15, 0.2) is 0 Å². The van der Waals surface area contributed by atoms with Crippen LogP contribution in [0, 0.1) is 13.8 Å². The van der Waals surface area contributed by atoms with E-state index in [2.05, 4.69) is 46.0 Å². The molecular formula is C24H35NO3Si. The number of aryl methyl sites for hydroxylation is 2. The zero-order valence-electron chi connectivity index (χ0n) is 18.8. The molecule has 158 valence electrons. The van der Waals surface area contributed by atoms with E-state index < -0.39 is 14.4 Å². The van der Waals surface area contributed by atoms with Gasteiger partial charge in [-0.25, -0.2) is 0 Å². The van der Waals surface area contributed by atoms with Gasteiger partial charge in [-0.2, -0.15) is 0 Å². The molecule has 0 aliphatic rings. The van der Waals surface area contributed by atoms with Gasteiger partial charge in [-0.3, -0.25) is 4.79 Å². The van der Waals surface area contributed by atoms with Crippen LogP contribution in [0.3, 0.4) is 0 Å². The molecule has 2 rings (SSSR count). The summed E-state index contributed by atoms with van der Waals surface area (Å²) in [7, 11) is -1.90. The number of hydrogen-bond donors (Lipinski definition) is 1. The lowest BCUT2D eigenvalue weighted by atomic mass is 9.96. The average molecular weight is 414 g/mol. The summed E-state index contributed by atoms with van der Waals surface area (Å²) < 4.78 is 11.8. The van der Waals surface area contributed by atoms with E-state index >= 15 is 0 Å². The number of benzene rings is 2. The van der Waals surface area contributed by atoms with Crippen molar-refractivity contribution in [2.75, 3.05) is 0 Å². The Balaban J connectivity index is 2.06. The molecule has 2 N–H and O–H groups in total.